The highest BCUT2D eigenvalue weighted by Gasteiger charge is 2.55. The van der Waals surface area contributed by atoms with Crippen LogP contribution in [0.15, 0.2) is 241 Å². The Morgan fingerprint density at radius 2 is 1.24 bits per heavy atom. The van der Waals surface area contributed by atoms with Crippen molar-refractivity contribution in [1.29, 1.82) is 0 Å². The Bertz CT molecular complexity index is 3130. The van der Waals surface area contributed by atoms with Gasteiger partial charge in [-0.25, -0.2) is 14.2 Å². The Balaban J connectivity index is 1.05. The van der Waals surface area contributed by atoms with Gasteiger partial charge in [0.05, 0.1) is 0 Å². The molecule has 0 radical (unpaired) electrons. The minimum atomic E-state index is -1.38. The van der Waals surface area contributed by atoms with E-state index in [2.05, 4.69) is 53.6 Å². The maximum atomic E-state index is 15.2. The van der Waals surface area contributed by atoms with Crippen LogP contribution in [0, 0.1) is 5.82 Å². The molecular weight excluding hydrogens is 970 g/mol. The van der Waals surface area contributed by atoms with Crippen LogP contribution in [0.3, 0.4) is 0 Å². The molecule has 368 valence electrons. The van der Waals surface area contributed by atoms with E-state index in [4.69, 9.17) is 24.5 Å². The van der Waals surface area contributed by atoms with Crippen LogP contribution in [0.4, 0.5) is 9.52 Å². The van der Waals surface area contributed by atoms with Crippen LogP contribution < -0.4 is 15.4 Å². The Morgan fingerprint density at radius 1 is 0.730 bits per heavy atom. The molecule has 8 aromatic rings. The van der Waals surface area contributed by atoms with Gasteiger partial charge < -0.3 is 24.9 Å². The van der Waals surface area contributed by atoms with E-state index in [1.165, 1.54) is 52.3 Å². The second-order valence-electron chi connectivity index (χ2n) is 17.3. The third kappa shape index (κ3) is 9.72. The molecule has 1 unspecified atom stereocenters. The SMILES string of the molecule is C=CCOC(=O)C1=C(COc2cccc(F)c2)CS[C@@H]2C(NC(=O)/C(=N/OC(c3ccccc3)(c3ccccc3)c3ccccc3)c3csc(NC(c4ccccc4)(c4ccccc4)c4ccccc4)n3)C(=O)N12. The van der Waals surface area contributed by atoms with Crippen LogP contribution >= 0.6 is 23.1 Å². The molecule has 1 saturated heterocycles. The van der Waals surface area contributed by atoms with Gasteiger partial charge >= 0.3 is 5.97 Å². The summed E-state index contributed by atoms with van der Waals surface area (Å²) in [7, 11) is 0. The van der Waals surface area contributed by atoms with Crippen LogP contribution in [-0.2, 0) is 35.1 Å². The predicted molar refractivity (Wildman–Crippen MR) is 287 cm³/mol. The molecule has 2 aliphatic rings. The van der Waals surface area contributed by atoms with E-state index in [1.807, 2.05) is 146 Å². The first-order chi connectivity index (χ1) is 36.3. The highest BCUT2D eigenvalue weighted by atomic mass is 32.2. The number of β-lactam (4-membered cyclic amide) rings is 1. The van der Waals surface area contributed by atoms with E-state index in [0.29, 0.717) is 10.7 Å². The molecule has 14 heteroatoms. The van der Waals surface area contributed by atoms with Gasteiger partial charge in [0.25, 0.3) is 11.8 Å². The summed E-state index contributed by atoms with van der Waals surface area (Å²) in [6.07, 6.45) is 1.42. The number of fused-ring (bicyclic) bond motifs is 1. The number of ether oxygens (including phenoxy) is 2. The summed E-state index contributed by atoms with van der Waals surface area (Å²) >= 11 is 2.62. The molecular formula is C60H48FN5O6S2. The lowest BCUT2D eigenvalue weighted by molar-refractivity contribution is -0.152. The molecule has 1 fully saturated rings. The number of thioether (sulfide) groups is 1. The summed E-state index contributed by atoms with van der Waals surface area (Å²) in [4.78, 5) is 56.7. The van der Waals surface area contributed by atoms with Crippen LogP contribution in [0.5, 0.6) is 5.75 Å². The van der Waals surface area contributed by atoms with Gasteiger partial charge in [0.2, 0.25) is 5.60 Å². The van der Waals surface area contributed by atoms with Crippen LogP contribution in [0.2, 0.25) is 0 Å². The topological polar surface area (TPSA) is 131 Å². The Labute approximate surface area is 436 Å². The third-order valence-corrected chi connectivity index (χ3v) is 14.9. The molecule has 0 aliphatic carbocycles. The summed E-state index contributed by atoms with van der Waals surface area (Å²) in [6.45, 7) is 3.43. The van der Waals surface area contributed by atoms with Gasteiger partial charge in [-0.3, -0.25) is 14.5 Å². The number of aromatic nitrogens is 1. The fourth-order valence-corrected chi connectivity index (χ4v) is 11.4. The lowest BCUT2D eigenvalue weighted by Gasteiger charge is -2.49. The number of oxime groups is 1. The fourth-order valence-electron chi connectivity index (χ4n) is 9.30. The second-order valence-corrected chi connectivity index (χ2v) is 19.2. The summed E-state index contributed by atoms with van der Waals surface area (Å²) in [6, 6.07) is 63.7. The minimum Gasteiger partial charge on any atom is -0.489 e. The van der Waals surface area contributed by atoms with Crippen molar-refractivity contribution in [2.24, 2.45) is 5.16 Å². The summed E-state index contributed by atoms with van der Waals surface area (Å²) in [5.41, 5.74) is 3.15. The molecule has 1 aromatic heterocycles. The second kappa shape index (κ2) is 22.0. The smallest absolute Gasteiger partial charge is 0.355 e. The lowest BCUT2D eigenvalue weighted by atomic mass is 9.77. The zero-order valence-corrected chi connectivity index (χ0v) is 41.4. The first-order valence-electron chi connectivity index (χ1n) is 23.8. The van der Waals surface area contributed by atoms with E-state index >= 15 is 4.79 Å². The quantitative estimate of drug-likeness (QED) is 0.0203. The van der Waals surface area contributed by atoms with E-state index in [1.54, 1.807) is 11.4 Å². The predicted octanol–water partition coefficient (Wildman–Crippen LogP) is 10.9. The number of benzene rings is 7. The molecule has 2 aliphatic heterocycles. The number of hydrogen-bond acceptors (Lipinski definition) is 11. The van der Waals surface area contributed by atoms with Crippen molar-refractivity contribution in [3.8, 4) is 5.75 Å². The molecule has 2 amide bonds. The normalized spacial score (nSPS) is 15.6. The first kappa shape index (κ1) is 49.0. The van der Waals surface area contributed by atoms with Gasteiger partial charge in [-0.2, -0.15) is 0 Å². The molecule has 11 nitrogen and oxygen atoms in total. The highest BCUT2D eigenvalue weighted by molar-refractivity contribution is 8.00. The van der Waals surface area contributed by atoms with Crippen molar-refractivity contribution >= 4 is 51.7 Å². The van der Waals surface area contributed by atoms with E-state index < -0.39 is 46.2 Å². The standard InChI is InChI=1S/C60H48FN5O6S2/c1-2-36-70-57(69)53-41(38-71-49-35-21-34-48(61)37-49)39-73-56-52(55(68)66(53)56)63-54(67)51(65-72-60(45-28-15-6-16-29-45,46-30-17-7-18-31-46)47-32-19-8-20-33-47)50-40-74-58(62-50)64-59(42-22-9-3-10-23-42,43-24-11-4-12-25-43)44-26-13-5-14-27-44/h2-35,37,40,52,56H,1,36,38-39H2,(H,62,64)(H,63,67)/b65-51+/t52?,56-/m1/s1. The molecule has 2 atom stereocenters. The Kier molecular flexibility index (Phi) is 14.6. The van der Waals surface area contributed by atoms with Gasteiger partial charge in [0.15, 0.2) is 10.8 Å². The molecule has 0 bridgehead atoms. The van der Waals surface area contributed by atoms with E-state index in [-0.39, 0.29) is 41.8 Å². The number of halogens is 1. The van der Waals surface area contributed by atoms with E-state index in [9.17, 15) is 14.0 Å². The number of rotatable bonds is 19. The lowest BCUT2D eigenvalue weighted by Crippen LogP contribution is -2.71. The molecule has 74 heavy (non-hydrogen) atoms. The molecule has 2 N–H and O–H groups in total. The third-order valence-electron chi connectivity index (χ3n) is 12.8. The number of amides is 2. The molecule has 7 aromatic carbocycles. The van der Waals surface area contributed by atoms with Crippen LogP contribution in [0.25, 0.3) is 0 Å². The van der Waals surface area contributed by atoms with Gasteiger partial charge in [-0.05, 0) is 28.8 Å². The first-order valence-corrected chi connectivity index (χ1v) is 25.7. The molecule has 0 saturated carbocycles. The summed E-state index contributed by atoms with van der Waals surface area (Å²) in [5, 5.41) is 13.1. The van der Waals surface area contributed by atoms with Crippen molar-refractivity contribution in [2.45, 2.75) is 22.6 Å². The average molecular weight is 1020 g/mol. The number of esters is 1. The van der Waals surface area contributed by atoms with Crippen molar-refractivity contribution in [2.75, 3.05) is 24.3 Å². The monoisotopic (exact) mass is 1020 g/mol. The largest absolute Gasteiger partial charge is 0.489 e. The number of thiazole rings is 1. The summed E-state index contributed by atoms with van der Waals surface area (Å²) in [5.74, 6) is -2.07. The highest BCUT2D eigenvalue weighted by Crippen LogP contribution is 2.44. The van der Waals surface area contributed by atoms with E-state index in [0.717, 1.165) is 33.4 Å². The van der Waals surface area contributed by atoms with Gasteiger partial charge in [-0.1, -0.05) is 206 Å². The number of nitrogens with one attached hydrogen (secondary N) is 2. The number of nitrogens with zero attached hydrogens (tertiary/aromatic N) is 3. The van der Waals surface area contributed by atoms with Gasteiger partial charge in [-0.15, -0.1) is 23.1 Å². The zero-order chi connectivity index (χ0) is 50.9. The minimum absolute atomic E-state index is 0.00737. The fraction of sp³-hybridized carbons (Fsp3) is 0.117. The van der Waals surface area contributed by atoms with Crippen molar-refractivity contribution in [3.63, 3.8) is 0 Å². The van der Waals surface area contributed by atoms with Crippen molar-refractivity contribution in [3.05, 3.63) is 280 Å². The zero-order valence-electron chi connectivity index (χ0n) is 39.8. The number of carbonyl (C=O) groups excluding carboxylic acids is 3. The van der Waals surface area contributed by atoms with Crippen molar-refractivity contribution < 1.29 is 33.1 Å². The van der Waals surface area contributed by atoms with Crippen LogP contribution in [-0.4, -0.2) is 63.8 Å². The molecule has 10 rings (SSSR count). The summed E-state index contributed by atoms with van der Waals surface area (Å²) < 4.78 is 25.4. The van der Waals surface area contributed by atoms with Crippen LogP contribution in [0.1, 0.15) is 39.1 Å². The maximum absolute atomic E-state index is 15.2. The Morgan fingerprint density at radius 3 is 1.74 bits per heavy atom. The number of hydrogen-bond donors (Lipinski definition) is 2. The molecule has 3 heterocycles. The average Bonchev–Trinajstić information content (AvgIpc) is 3.92. The maximum Gasteiger partial charge on any atom is 0.355 e. The van der Waals surface area contributed by atoms with Gasteiger partial charge in [0, 0.05) is 39.5 Å². The number of anilines is 1. The molecule has 0 spiro atoms. The number of carbonyl (C=O) groups is 3. The van der Waals surface area contributed by atoms with Crippen molar-refractivity contribution in [1.82, 2.24) is 15.2 Å². The Hall–Kier alpha value is -8.59. The van der Waals surface area contributed by atoms with Gasteiger partial charge in [0.1, 0.15) is 53.1 Å².